The van der Waals surface area contributed by atoms with Crippen LogP contribution in [0.2, 0.25) is 0 Å². The average molecular weight is 344 g/mol. The van der Waals surface area contributed by atoms with Crippen molar-refractivity contribution in [1.29, 1.82) is 0 Å². The highest BCUT2D eigenvalue weighted by molar-refractivity contribution is 5.90. The van der Waals surface area contributed by atoms with Gasteiger partial charge in [0.1, 0.15) is 18.1 Å². The van der Waals surface area contributed by atoms with E-state index in [1.165, 1.54) is 6.26 Å². The van der Waals surface area contributed by atoms with E-state index in [1.54, 1.807) is 11.0 Å². The van der Waals surface area contributed by atoms with E-state index in [0.29, 0.717) is 12.2 Å². The van der Waals surface area contributed by atoms with E-state index < -0.39 is 18.2 Å². The Bertz CT molecular complexity index is 713. The molecule has 0 saturated carbocycles. The summed E-state index contributed by atoms with van der Waals surface area (Å²) in [7, 11) is 0. The first kappa shape index (κ1) is 15.9. The molecule has 8 nitrogen and oxygen atoms in total. The molecule has 0 radical (unpaired) electrons. The molecule has 8 heteroatoms. The van der Waals surface area contributed by atoms with Crippen LogP contribution in [0.15, 0.2) is 41.1 Å². The molecule has 4 rings (SSSR count). The van der Waals surface area contributed by atoms with Gasteiger partial charge in [0.15, 0.2) is 0 Å². The standard InChI is InChI=1S/C17H20N4O4/c18-16(14-5-8-24-19-14)15-11-21(17(22)25-15)13-3-1-12(2-4-13)20-6-9-23-10-7-20/h1-5,8,15-16H,6-7,9-11,18H2/t15-,16?/m0/s1. The molecule has 3 heterocycles. The van der Waals surface area contributed by atoms with E-state index in [-0.39, 0.29) is 0 Å². The summed E-state index contributed by atoms with van der Waals surface area (Å²) in [5.74, 6) is 0. The Hall–Kier alpha value is -2.58. The van der Waals surface area contributed by atoms with Crippen molar-refractivity contribution in [3.63, 3.8) is 0 Å². The lowest BCUT2D eigenvalue weighted by molar-refractivity contribution is 0.122. The Balaban J connectivity index is 1.45. The lowest BCUT2D eigenvalue weighted by Gasteiger charge is -2.29. The maximum absolute atomic E-state index is 12.2. The van der Waals surface area contributed by atoms with Crippen molar-refractivity contribution in [2.45, 2.75) is 12.1 Å². The lowest BCUT2D eigenvalue weighted by atomic mass is 10.1. The van der Waals surface area contributed by atoms with Crippen molar-refractivity contribution in [2.24, 2.45) is 5.73 Å². The van der Waals surface area contributed by atoms with Crippen LogP contribution < -0.4 is 15.5 Å². The number of cyclic esters (lactones) is 1. The zero-order valence-electron chi connectivity index (χ0n) is 13.7. The van der Waals surface area contributed by atoms with Crippen molar-refractivity contribution >= 4 is 17.5 Å². The molecule has 2 atom stereocenters. The van der Waals surface area contributed by atoms with Gasteiger partial charge in [0.2, 0.25) is 0 Å². The number of amides is 1. The summed E-state index contributed by atoms with van der Waals surface area (Å²) in [6.07, 6.45) is 0.591. The van der Waals surface area contributed by atoms with E-state index in [9.17, 15) is 4.79 Å². The predicted octanol–water partition coefficient (Wildman–Crippen LogP) is 1.54. The number of morpholine rings is 1. The molecule has 132 valence electrons. The van der Waals surface area contributed by atoms with E-state index in [4.69, 9.17) is 19.7 Å². The minimum absolute atomic E-state index is 0.379. The van der Waals surface area contributed by atoms with Gasteiger partial charge in [0.05, 0.1) is 25.8 Å². The Kier molecular flexibility index (Phi) is 4.29. The maximum Gasteiger partial charge on any atom is 0.414 e. The van der Waals surface area contributed by atoms with Crippen molar-refractivity contribution in [1.82, 2.24) is 5.16 Å². The molecule has 2 saturated heterocycles. The first-order valence-electron chi connectivity index (χ1n) is 8.29. The summed E-state index contributed by atoms with van der Waals surface area (Å²) in [4.78, 5) is 16.1. The van der Waals surface area contributed by atoms with Gasteiger partial charge in [-0.05, 0) is 24.3 Å². The summed E-state index contributed by atoms with van der Waals surface area (Å²) < 4.78 is 15.6. The van der Waals surface area contributed by atoms with E-state index in [1.807, 2.05) is 24.3 Å². The van der Waals surface area contributed by atoms with Crippen molar-refractivity contribution in [2.75, 3.05) is 42.6 Å². The third kappa shape index (κ3) is 3.18. The number of anilines is 2. The van der Waals surface area contributed by atoms with Crippen LogP contribution in [-0.2, 0) is 9.47 Å². The second-order valence-corrected chi connectivity index (χ2v) is 6.10. The SMILES string of the molecule is NC(c1ccon1)[C@@H]1CN(c2ccc(N3CCOCC3)cc2)C(=O)O1. The number of aromatic nitrogens is 1. The second-order valence-electron chi connectivity index (χ2n) is 6.10. The molecule has 2 aliphatic heterocycles. The summed E-state index contributed by atoms with van der Waals surface area (Å²) in [5.41, 5.74) is 8.61. The van der Waals surface area contributed by atoms with Crippen LogP contribution in [0.5, 0.6) is 0 Å². The normalized spacial score (nSPS) is 22.1. The number of hydrogen-bond acceptors (Lipinski definition) is 7. The summed E-state index contributed by atoms with van der Waals surface area (Å²) in [6, 6.07) is 9.04. The van der Waals surface area contributed by atoms with E-state index in [0.717, 1.165) is 37.7 Å². The fourth-order valence-corrected chi connectivity index (χ4v) is 3.13. The fourth-order valence-electron chi connectivity index (χ4n) is 3.13. The van der Waals surface area contributed by atoms with Crippen LogP contribution in [0.3, 0.4) is 0 Å². The van der Waals surface area contributed by atoms with E-state index >= 15 is 0 Å². The van der Waals surface area contributed by atoms with Crippen molar-refractivity contribution < 1.29 is 18.8 Å². The first-order chi connectivity index (χ1) is 12.2. The number of nitrogens with zero attached hydrogens (tertiary/aromatic N) is 3. The molecule has 0 bridgehead atoms. The highest BCUT2D eigenvalue weighted by atomic mass is 16.6. The largest absolute Gasteiger partial charge is 0.442 e. The summed E-state index contributed by atoms with van der Waals surface area (Å²) in [6.45, 7) is 3.60. The third-order valence-electron chi connectivity index (χ3n) is 4.57. The van der Waals surface area contributed by atoms with Crippen LogP contribution in [0.25, 0.3) is 0 Å². The maximum atomic E-state index is 12.2. The van der Waals surface area contributed by atoms with Crippen molar-refractivity contribution in [3.8, 4) is 0 Å². The van der Waals surface area contributed by atoms with Gasteiger partial charge in [-0.25, -0.2) is 4.79 Å². The van der Waals surface area contributed by atoms with E-state index in [2.05, 4.69) is 10.1 Å². The Labute approximate surface area is 145 Å². The van der Waals surface area contributed by atoms with Gasteiger partial charge in [-0.2, -0.15) is 0 Å². The molecule has 0 aliphatic carbocycles. The molecule has 2 aromatic rings. The number of carbonyl (C=O) groups excluding carboxylic acids is 1. The zero-order chi connectivity index (χ0) is 17.2. The molecule has 2 aliphatic rings. The molecule has 25 heavy (non-hydrogen) atoms. The van der Waals surface area contributed by atoms with Gasteiger partial charge in [-0.1, -0.05) is 5.16 Å². The van der Waals surface area contributed by atoms with Gasteiger partial charge in [0, 0.05) is 30.5 Å². The Morgan fingerprint density at radius 3 is 2.52 bits per heavy atom. The smallest absolute Gasteiger partial charge is 0.414 e. The predicted molar refractivity (Wildman–Crippen MR) is 90.5 cm³/mol. The fraction of sp³-hybridized carbons (Fsp3) is 0.412. The highest BCUT2D eigenvalue weighted by Crippen LogP contribution is 2.28. The van der Waals surface area contributed by atoms with Gasteiger partial charge < -0.3 is 24.6 Å². The Morgan fingerprint density at radius 2 is 1.84 bits per heavy atom. The van der Waals surface area contributed by atoms with Crippen LogP contribution in [0, 0.1) is 0 Å². The number of rotatable bonds is 4. The van der Waals surface area contributed by atoms with Crippen LogP contribution in [-0.4, -0.2) is 50.2 Å². The van der Waals surface area contributed by atoms with Crippen LogP contribution in [0.4, 0.5) is 16.2 Å². The highest BCUT2D eigenvalue weighted by Gasteiger charge is 2.37. The monoisotopic (exact) mass is 344 g/mol. The molecule has 1 amide bonds. The minimum Gasteiger partial charge on any atom is -0.442 e. The van der Waals surface area contributed by atoms with Gasteiger partial charge >= 0.3 is 6.09 Å². The van der Waals surface area contributed by atoms with Gasteiger partial charge in [0.25, 0.3) is 0 Å². The van der Waals surface area contributed by atoms with Crippen LogP contribution >= 0.6 is 0 Å². The lowest BCUT2D eigenvalue weighted by Crippen LogP contribution is -2.36. The minimum atomic E-state index is -0.514. The average Bonchev–Trinajstić information content (AvgIpc) is 3.32. The molecule has 2 N–H and O–H groups in total. The first-order valence-corrected chi connectivity index (χ1v) is 8.29. The number of ether oxygens (including phenoxy) is 2. The molecule has 0 spiro atoms. The molecule has 1 unspecified atom stereocenters. The quantitative estimate of drug-likeness (QED) is 0.899. The topological polar surface area (TPSA) is 94.1 Å². The second kappa shape index (κ2) is 6.73. The van der Waals surface area contributed by atoms with Crippen molar-refractivity contribution in [3.05, 3.63) is 42.3 Å². The molecule has 1 aromatic carbocycles. The van der Waals surface area contributed by atoms with Crippen LogP contribution in [0.1, 0.15) is 11.7 Å². The number of carbonyl (C=O) groups is 1. The zero-order valence-corrected chi connectivity index (χ0v) is 13.7. The molecule has 2 fully saturated rings. The number of benzene rings is 1. The van der Waals surface area contributed by atoms with Gasteiger partial charge in [-0.3, -0.25) is 4.90 Å². The molecular weight excluding hydrogens is 324 g/mol. The molecule has 1 aromatic heterocycles. The third-order valence-corrected chi connectivity index (χ3v) is 4.57. The molecular formula is C17H20N4O4. The summed E-state index contributed by atoms with van der Waals surface area (Å²) >= 11 is 0. The Morgan fingerprint density at radius 1 is 1.12 bits per heavy atom. The summed E-state index contributed by atoms with van der Waals surface area (Å²) in [5, 5.41) is 3.82. The van der Waals surface area contributed by atoms with Gasteiger partial charge in [-0.15, -0.1) is 0 Å². The number of hydrogen-bond donors (Lipinski definition) is 1. The number of nitrogens with two attached hydrogens (primary N) is 1.